The van der Waals surface area contributed by atoms with Gasteiger partial charge in [0.25, 0.3) is 5.91 Å². The van der Waals surface area contributed by atoms with Crippen molar-refractivity contribution in [3.63, 3.8) is 0 Å². The van der Waals surface area contributed by atoms with E-state index in [1.165, 1.54) is 0 Å². The number of carbonyl (C=O) groups is 1. The molecule has 0 spiro atoms. The van der Waals surface area contributed by atoms with Crippen LogP contribution in [0.15, 0.2) is 39.3 Å². The predicted molar refractivity (Wildman–Crippen MR) is 99.8 cm³/mol. The third-order valence-electron chi connectivity index (χ3n) is 5.43. The molecule has 0 aliphatic carbocycles. The van der Waals surface area contributed by atoms with E-state index in [1.54, 1.807) is 11.8 Å². The smallest absolute Gasteiger partial charge is 0.260 e. The van der Waals surface area contributed by atoms with Crippen LogP contribution >= 0.6 is 0 Å². The zero-order chi connectivity index (χ0) is 19.1. The fraction of sp³-hybridized carbons (Fsp3) is 0.381. The van der Waals surface area contributed by atoms with Crippen molar-refractivity contribution in [1.29, 1.82) is 0 Å². The van der Waals surface area contributed by atoms with Gasteiger partial charge in [0.15, 0.2) is 5.89 Å². The molecule has 0 bridgehead atoms. The Morgan fingerprint density at radius 1 is 1.25 bits per heavy atom. The van der Waals surface area contributed by atoms with Crippen molar-refractivity contribution < 1.29 is 18.5 Å². The third-order valence-corrected chi connectivity index (χ3v) is 5.43. The number of hydrogen-bond acceptors (Lipinski definition) is 6. The molecule has 2 aliphatic heterocycles. The summed E-state index contributed by atoms with van der Waals surface area (Å²) in [5.41, 5.74) is 2.81. The fourth-order valence-electron chi connectivity index (χ4n) is 3.87. The minimum Gasteiger partial charge on any atom is -0.445 e. The molecule has 0 N–H and O–H groups in total. The van der Waals surface area contributed by atoms with Gasteiger partial charge in [-0.25, -0.2) is 4.98 Å². The van der Waals surface area contributed by atoms with E-state index < -0.39 is 0 Å². The maximum Gasteiger partial charge on any atom is 0.260 e. The summed E-state index contributed by atoms with van der Waals surface area (Å²) in [6, 6.07) is 9.63. The monoisotopic (exact) mass is 379 g/mol. The normalized spacial score (nSPS) is 19.0. The lowest BCUT2D eigenvalue weighted by Gasteiger charge is -2.25. The van der Waals surface area contributed by atoms with Crippen LogP contribution in [0.3, 0.4) is 0 Å². The average molecular weight is 379 g/mol. The third kappa shape index (κ3) is 2.92. The van der Waals surface area contributed by atoms with Crippen LogP contribution in [0.2, 0.25) is 0 Å². The first-order chi connectivity index (χ1) is 13.7. The van der Waals surface area contributed by atoms with Gasteiger partial charge in [-0.15, -0.1) is 0 Å². The van der Waals surface area contributed by atoms with E-state index in [-0.39, 0.29) is 11.8 Å². The van der Waals surface area contributed by atoms with Gasteiger partial charge in [0, 0.05) is 25.1 Å². The molecule has 1 fully saturated rings. The van der Waals surface area contributed by atoms with Crippen molar-refractivity contribution in [2.24, 2.45) is 0 Å². The highest BCUT2D eigenvalue weighted by atomic mass is 16.5. The molecule has 0 saturated carbocycles. The second-order valence-corrected chi connectivity index (χ2v) is 7.29. The number of carbonyl (C=O) groups excluding carboxylic acids is 1. The number of ether oxygens (including phenoxy) is 1. The molecule has 7 heteroatoms. The summed E-state index contributed by atoms with van der Waals surface area (Å²) in [6.07, 6.45) is 1.59. The summed E-state index contributed by atoms with van der Waals surface area (Å²) in [6.45, 7) is 4.20. The minimum atomic E-state index is -0.0861. The Hall–Kier alpha value is -2.93. The van der Waals surface area contributed by atoms with Gasteiger partial charge in [-0.2, -0.15) is 0 Å². The van der Waals surface area contributed by atoms with Gasteiger partial charge in [0.2, 0.25) is 0 Å². The number of rotatable bonds is 3. The average Bonchev–Trinajstić information content (AvgIpc) is 3.46. The van der Waals surface area contributed by atoms with Crippen molar-refractivity contribution in [1.82, 2.24) is 15.0 Å². The molecule has 0 radical (unpaired) electrons. The second-order valence-electron chi connectivity index (χ2n) is 7.29. The van der Waals surface area contributed by atoms with E-state index in [1.807, 2.05) is 30.3 Å². The van der Waals surface area contributed by atoms with Gasteiger partial charge in [-0.1, -0.05) is 35.5 Å². The van der Waals surface area contributed by atoms with Crippen LogP contribution < -0.4 is 0 Å². The zero-order valence-electron chi connectivity index (χ0n) is 15.7. The Morgan fingerprint density at radius 3 is 2.89 bits per heavy atom. The first-order valence-corrected chi connectivity index (χ1v) is 9.58. The van der Waals surface area contributed by atoms with Gasteiger partial charge in [-0.3, -0.25) is 4.79 Å². The Labute approximate surface area is 162 Å². The van der Waals surface area contributed by atoms with Crippen molar-refractivity contribution in [2.45, 2.75) is 32.2 Å². The molecule has 1 amide bonds. The molecule has 4 heterocycles. The molecular weight excluding hydrogens is 358 g/mol. The lowest BCUT2D eigenvalue weighted by Crippen LogP contribution is -2.36. The quantitative estimate of drug-likeness (QED) is 0.694. The maximum absolute atomic E-state index is 13.3. The number of amides is 1. The summed E-state index contributed by atoms with van der Waals surface area (Å²) in [4.78, 5) is 19.8. The summed E-state index contributed by atoms with van der Waals surface area (Å²) in [7, 11) is 0. The molecule has 2 aromatic heterocycles. The highest BCUT2D eigenvalue weighted by Gasteiger charge is 2.32. The van der Waals surface area contributed by atoms with E-state index in [0.717, 1.165) is 35.9 Å². The van der Waals surface area contributed by atoms with Gasteiger partial charge < -0.3 is 18.6 Å². The Kier molecular flexibility index (Phi) is 4.24. The number of oxazole rings is 1. The van der Waals surface area contributed by atoms with Crippen LogP contribution in [0, 0.1) is 6.92 Å². The van der Waals surface area contributed by atoms with Crippen molar-refractivity contribution in [2.75, 3.05) is 19.8 Å². The van der Waals surface area contributed by atoms with Crippen molar-refractivity contribution in [3.8, 4) is 11.3 Å². The molecule has 5 rings (SSSR count). The molecule has 28 heavy (non-hydrogen) atoms. The van der Waals surface area contributed by atoms with E-state index in [4.69, 9.17) is 13.7 Å². The van der Waals surface area contributed by atoms with Crippen molar-refractivity contribution >= 4 is 5.91 Å². The van der Waals surface area contributed by atoms with E-state index in [2.05, 4.69) is 10.1 Å². The summed E-state index contributed by atoms with van der Waals surface area (Å²) in [5, 5.41) is 4.13. The molecule has 3 aromatic rings. The topological polar surface area (TPSA) is 81.6 Å². The van der Waals surface area contributed by atoms with Crippen LogP contribution in [0.1, 0.15) is 45.8 Å². The minimum absolute atomic E-state index is 0.0861. The van der Waals surface area contributed by atoms with E-state index in [9.17, 15) is 4.79 Å². The lowest BCUT2D eigenvalue weighted by atomic mass is 10.0. The molecular formula is C21H21N3O4. The first-order valence-electron chi connectivity index (χ1n) is 9.58. The Bertz CT molecular complexity index is 1000. The SMILES string of the molecule is Cc1onc(-c2ccccc2)c1C(=O)N1CCc2oc(C3CCOC3)nc2C1. The van der Waals surface area contributed by atoms with E-state index >= 15 is 0 Å². The second kappa shape index (κ2) is 6.91. The lowest BCUT2D eigenvalue weighted by molar-refractivity contribution is 0.0726. The fourth-order valence-corrected chi connectivity index (χ4v) is 3.87. The van der Waals surface area contributed by atoms with Crippen LogP contribution in [0.5, 0.6) is 0 Å². The van der Waals surface area contributed by atoms with Gasteiger partial charge in [-0.05, 0) is 13.3 Å². The molecule has 1 atom stereocenters. The van der Waals surface area contributed by atoms with Gasteiger partial charge >= 0.3 is 0 Å². The molecule has 144 valence electrons. The van der Waals surface area contributed by atoms with Gasteiger partial charge in [0.1, 0.15) is 28.5 Å². The number of fused-ring (bicyclic) bond motifs is 1. The Morgan fingerprint density at radius 2 is 2.11 bits per heavy atom. The van der Waals surface area contributed by atoms with Crippen LogP contribution in [-0.4, -0.2) is 40.7 Å². The molecule has 1 aromatic carbocycles. The molecule has 1 saturated heterocycles. The largest absolute Gasteiger partial charge is 0.445 e. The maximum atomic E-state index is 13.3. The number of nitrogens with zero attached hydrogens (tertiary/aromatic N) is 3. The highest BCUT2D eigenvalue weighted by molar-refractivity contribution is 6.00. The number of hydrogen-bond donors (Lipinski definition) is 0. The Balaban J connectivity index is 1.41. The number of benzene rings is 1. The number of aromatic nitrogens is 2. The number of aryl methyl sites for hydroxylation is 1. The van der Waals surface area contributed by atoms with Crippen LogP contribution in [0.25, 0.3) is 11.3 Å². The highest BCUT2D eigenvalue weighted by Crippen LogP contribution is 2.31. The molecule has 7 nitrogen and oxygen atoms in total. The summed E-state index contributed by atoms with van der Waals surface area (Å²) < 4.78 is 16.8. The summed E-state index contributed by atoms with van der Waals surface area (Å²) in [5.74, 6) is 2.29. The van der Waals surface area contributed by atoms with Crippen LogP contribution in [0.4, 0.5) is 0 Å². The summed E-state index contributed by atoms with van der Waals surface area (Å²) >= 11 is 0. The predicted octanol–water partition coefficient (Wildman–Crippen LogP) is 3.34. The molecule has 2 aliphatic rings. The van der Waals surface area contributed by atoms with Crippen LogP contribution in [-0.2, 0) is 17.7 Å². The van der Waals surface area contributed by atoms with Gasteiger partial charge in [0.05, 0.1) is 19.1 Å². The first kappa shape index (κ1) is 17.2. The zero-order valence-corrected chi connectivity index (χ0v) is 15.7. The van der Waals surface area contributed by atoms with Crippen molar-refractivity contribution in [3.05, 3.63) is 59.0 Å². The van der Waals surface area contributed by atoms with E-state index in [0.29, 0.717) is 43.1 Å². The molecule has 1 unspecified atom stereocenters. The standard InChI is InChI=1S/C21H21N3O4/c1-13-18(19(23-28-13)14-5-3-2-4-6-14)21(25)24-9-7-17-16(11-24)22-20(27-17)15-8-10-26-12-15/h2-6,15H,7-12H2,1H3.